The van der Waals surface area contributed by atoms with Crippen LogP contribution in [0.25, 0.3) is 0 Å². The summed E-state index contributed by atoms with van der Waals surface area (Å²) in [6, 6.07) is 1.92. The van der Waals surface area contributed by atoms with Crippen LogP contribution in [0.4, 0.5) is 11.4 Å². The fourth-order valence-corrected chi connectivity index (χ4v) is 1.98. The second-order valence-corrected chi connectivity index (χ2v) is 4.31. The first-order valence-corrected chi connectivity index (χ1v) is 6.30. The van der Waals surface area contributed by atoms with Crippen molar-refractivity contribution < 1.29 is 4.79 Å². The first kappa shape index (κ1) is 13.4. The molecule has 19 heavy (non-hydrogen) atoms. The Labute approximate surface area is 112 Å². The van der Waals surface area contributed by atoms with Crippen LogP contribution in [0, 0.1) is 0 Å². The van der Waals surface area contributed by atoms with Gasteiger partial charge in [0.15, 0.2) is 0 Å². The summed E-state index contributed by atoms with van der Waals surface area (Å²) >= 11 is 0. The van der Waals surface area contributed by atoms with E-state index in [-0.39, 0.29) is 5.91 Å². The van der Waals surface area contributed by atoms with Crippen LogP contribution in [0.15, 0.2) is 30.7 Å². The Balaban J connectivity index is 2.16. The summed E-state index contributed by atoms with van der Waals surface area (Å²) in [6.45, 7) is 7.36. The molecule has 102 valence electrons. The van der Waals surface area contributed by atoms with E-state index < -0.39 is 0 Å². The molecule has 0 saturated carbocycles. The Morgan fingerprint density at radius 1 is 1.47 bits per heavy atom. The zero-order valence-electron chi connectivity index (χ0n) is 11.1. The fraction of sp³-hybridized carbons (Fsp3) is 0.385. The van der Waals surface area contributed by atoms with Crippen molar-refractivity contribution >= 4 is 17.3 Å². The van der Waals surface area contributed by atoms with Crippen molar-refractivity contribution in [1.29, 1.82) is 0 Å². The zero-order chi connectivity index (χ0) is 13.7. The number of piperazine rings is 1. The molecule has 1 aliphatic rings. The van der Waals surface area contributed by atoms with E-state index in [1.807, 2.05) is 6.07 Å². The molecule has 0 bridgehead atoms. The number of carbonyl (C=O) groups is 1. The maximum atomic E-state index is 11.8. The van der Waals surface area contributed by atoms with Crippen molar-refractivity contribution in [3.05, 3.63) is 30.7 Å². The molecule has 6 heteroatoms. The topological polar surface area (TPSA) is 69.3 Å². The second-order valence-electron chi connectivity index (χ2n) is 4.31. The molecule has 0 unspecified atom stereocenters. The van der Waals surface area contributed by atoms with Crippen molar-refractivity contribution in [2.45, 2.75) is 0 Å². The zero-order valence-corrected chi connectivity index (χ0v) is 11.1. The molecule has 1 fully saturated rings. The number of nitrogens with zero attached hydrogens (tertiary/aromatic N) is 2. The smallest absolute Gasteiger partial charge is 0.271 e. The molecule has 6 nitrogen and oxygen atoms in total. The molecule has 0 aromatic carbocycles. The maximum Gasteiger partial charge on any atom is 0.271 e. The second kappa shape index (κ2) is 6.19. The van der Waals surface area contributed by atoms with Gasteiger partial charge in [-0.1, -0.05) is 6.58 Å². The lowest BCUT2D eigenvalue weighted by molar-refractivity contribution is -0.113. The van der Waals surface area contributed by atoms with Crippen LogP contribution in [-0.4, -0.2) is 44.1 Å². The molecule has 1 aromatic heterocycles. The summed E-state index contributed by atoms with van der Waals surface area (Å²) in [5.41, 5.74) is 2.04. The van der Waals surface area contributed by atoms with E-state index in [9.17, 15) is 4.79 Å². The largest absolute Gasteiger partial charge is 0.384 e. The molecule has 2 rings (SSSR count). The highest BCUT2D eigenvalue weighted by molar-refractivity contribution is 6.04. The van der Waals surface area contributed by atoms with Gasteiger partial charge in [-0.15, -0.1) is 0 Å². The third kappa shape index (κ3) is 3.23. The summed E-state index contributed by atoms with van der Waals surface area (Å²) in [5, 5.41) is 8.87. The molecule has 2 heterocycles. The summed E-state index contributed by atoms with van der Waals surface area (Å²) in [5.74, 6) is -0.244. The Morgan fingerprint density at radius 3 is 2.89 bits per heavy atom. The average molecular weight is 261 g/mol. The van der Waals surface area contributed by atoms with E-state index >= 15 is 0 Å². The number of anilines is 2. The van der Waals surface area contributed by atoms with Gasteiger partial charge in [0.1, 0.15) is 0 Å². The number of likely N-dealkylation sites (N-methyl/N-ethyl adjacent to an activating group) is 1. The Bertz CT molecular complexity index is 468. The van der Waals surface area contributed by atoms with Crippen LogP contribution in [0.2, 0.25) is 0 Å². The molecule has 0 spiro atoms. The van der Waals surface area contributed by atoms with Crippen molar-refractivity contribution in [3.63, 3.8) is 0 Å². The third-order valence-corrected chi connectivity index (χ3v) is 3.08. The van der Waals surface area contributed by atoms with Crippen molar-refractivity contribution in [2.24, 2.45) is 0 Å². The van der Waals surface area contributed by atoms with Gasteiger partial charge in [0.2, 0.25) is 0 Å². The molecule has 0 radical (unpaired) electrons. The fourth-order valence-electron chi connectivity index (χ4n) is 1.98. The quantitative estimate of drug-likeness (QED) is 0.674. The van der Waals surface area contributed by atoms with E-state index in [4.69, 9.17) is 0 Å². The molecule has 1 aliphatic heterocycles. The van der Waals surface area contributed by atoms with Gasteiger partial charge in [0, 0.05) is 39.4 Å². The van der Waals surface area contributed by atoms with Crippen LogP contribution in [0.5, 0.6) is 0 Å². The van der Waals surface area contributed by atoms with E-state index in [2.05, 4.69) is 32.4 Å². The lowest BCUT2D eigenvalue weighted by Crippen LogP contribution is -2.43. The average Bonchev–Trinajstić information content (AvgIpc) is 2.47. The molecular weight excluding hydrogens is 242 g/mol. The minimum atomic E-state index is -0.244. The first-order valence-electron chi connectivity index (χ1n) is 6.30. The van der Waals surface area contributed by atoms with Crippen molar-refractivity contribution in [1.82, 2.24) is 15.6 Å². The van der Waals surface area contributed by atoms with Crippen molar-refractivity contribution in [3.8, 4) is 0 Å². The minimum Gasteiger partial charge on any atom is -0.384 e. The predicted octanol–water partition coefficient (Wildman–Crippen LogP) is 0.163. The molecule has 0 atom stereocenters. The van der Waals surface area contributed by atoms with E-state index in [1.54, 1.807) is 19.4 Å². The van der Waals surface area contributed by atoms with Gasteiger partial charge in [0.05, 0.1) is 23.3 Å². The highest BCUT2D eigenvalue weighted by Gasteiger charge is 2.16. The van der Waals surface area contributed by atoms with Gasteiger partial charge in [0.25, 0.3) is 5.91 Å². The standard InChI is InChI=1S/C13H19N5O/c1-10(14-2)13(19)17-11-9-16-4-3-12(11)18-7-5-15-6-8-18/h3-4,9,14-15H,1,5-8H2,2H3,(H,17,19). The number of pyridine rings is 1. The summed E-state index contributed by atoms with van der Waals surface area (Å²) in [6.07, 6.45) is 3.40. The van der Waals surface area contributed by atoms with Crippen LogP contribution >= 0.6 is 0 Å². The lowest BCUT2D eigenvalue weighted by Gasteiger charge is -2.30. The number of rotatable bonds is 4. The number of amides is 1. The molecule has 1 amide bonds. The molecular formula is C13H19N5O. The molecule has 0 aliphatic carbocycles. The minimum absolute atomic E-state index is 0.244. The maximum absolute atomic E-state index is 11.8. The van der Waals surface area contributed by atoms with Gasteiger partial charge in [-0.3, -0.25) is 9.78 Å². The van der Waals surface area contributed by atoms with Gasteiger partial charge >= 0.3 is 0 Å². The molecule has 1 saturated heterocycles. The predicted molar refractivity (Wildman–Crippen MR) is 76.1 cm³/mol. The van der Waals surface area contributed by atoms with E-state index in [1.165, 1.54) is 0 Å². The molecule has 1 aromatic rings. The van der Waals surface area contributed by atoms with Crippen LogP contribution in [0.1, 0.15) is 0 Å². The van der Waals surface area contributed by atoms with Crippen molar-refractivity contribution in [2.75, 3.05) is 43.4 Å². The number of carbonyl (C=O) groups excluding carboxylic acids is 1. The SMILES string of the molecule is C=C(NC)C(=O)Nc1cnccc1N1CCNCC1. The van der Waals surface area contributed by atoms with Crippen LogP contribution in [-0.2, 0) is 4.79 Å². The first-order chi connectivity index (χ1) is 9.22. The summed E-state index contributed by atoms with van der Waals surface area (Å²) in [7, 11) is 1.67. The van der Waals surface area contributed by atoms with E-state index in [0.29, 0.717) is 11.4 Å². The Hall–Kier alpha value is -2.08. The highest BCUT2D eigenvalue weighted by atomic mass is 16.2. The number of nitrogens with one attached hydrogen (secondary N) is 3. The normalized spacial score (nSPS) is 14.9. The van der Waals surface area contributed by atoms with E-state index in [0.717, 1.165) is 31.9 Å². The van der Waals surface area contributed by atoms with Gasteiger partial charge in [-0.25, -0.2) is 0 Å². The number of hydrogen-bond acceptors (Lipinski definition) is 5. The highest BCUT2D eigenvalue weighted by Crippen LogP contribution is 2.24. The Kier molecular flexibility index (Phi) is 4.35. The third-order valence-electron chi connectivity index (χ3n) is 3.08. The Morgan fingerprint density at radius 2 is 2.21 bits per heavy atom. The number of hydrogen-bond donors (Lipinski definition) is 3. The monoisotopic (exact) mass is 261 g/mol. The van der Waals surface area contributed by atoms with Gasteiger partial charge < -0.3 is 20.9 Å². The van der Waals surface area contributed by atoms with Gasteiger partial charge in [-0.05, 0) is 6.07 Å². The summed E-state index contributed by atoms with van der Waals surface area (Å²) in [4.78, 5) is 18.2. The van der Waals surface area contributed by atoms with Crippen LogP contribution < -0.4 is 20.9 Å². The van der Waals surface area contributed by atoms with Crippen LogP contribution in [0.3, 0.4) is 0 Å². The summed E-state index contributed by atoms with van der Waals surface area (Å²) < 4.78 is 0. The molecule has 3 N–H and O–H groups in total. The number of aromatic nitrogens is 1. The van der Waals surface area contributed by atoms with Gasteiger partial charge in [-0.2, -0.15) is 0 Å². The lowest BCUT2D eigenvalue weighted by atomic mass is 10.2.